The highest BCUT2D eigenvalue weighted by Gasteiger charge is 2.27. The van der Waals surface area contributed by atoms with Crippen molar-refractivity contribution in [2.24, 2.45) is 0 Å². The lowest BCUT2D eigenvalue weighted by molar-refractivity contribution is 0.259. The van der Waals surface area contributed by atoms with Crippen molar-refractivity contribution < 1.29 is 9.47 Å². The molecule has 0 unspecified atom stereocenters. The first-order chi connectivity index (χ1) is 36.5. The van der Waals surface area contributed by atoms with Gasteiger partial charge in [-0.15, -0.1) is 13.2 Å². The zero-order chi connectivity index (χ0) is 53.6. The Morgan fingerprint density at radius 2 is 0.697 bits per heavy atom. The van der Waals surface area contributed by atoms with Gasteiger partial charge >= 0.3 is 0 Å². The van der Waals surface area contributed by atoms with E-state index < -0.39 is 0 Å². The molecule has 0 atom stereocenters. The highest BCUT2D eigenvalue weighted by atomic mass is 16.5. The predicted octanol–water partition coefficient (Wildman–Crippen LogP) is 18.1. The summed E-state index contributed by atoms with van der Waals surface area (Å²) >= 11 is 0. The number of nitrogens with one attached hydrogen (secondary N) is 2. The fourth-order valence-electron chi connectivity index (χ4n) is 10.3. The molecule has 0 amide bonds. The van der Waals surface area contributed by atoms with Crippen molar-refractivity contribution in [3.8, 4) is 57.1 Å². The molecule has 9 rings (SSSR count). The molecule has 76 heavy (non-hydrogen) atoms. The van der Waals surface area contributed by atoms with Crippen molar-refractivity contribution in [2.45, 2.75) is 181 Å². The van der Waals surface area contributed by atoms with Crippen LogP contribution in [0.2, 0.25) is 0 Å². The van der Waals surface area contributed by atoms with Crippen LogP contribution in [-0.4, -0.2) is 53.1 Å². The van der Waals surface area contributed by atoms with Gasteiger partial charge in [0, 0.05) is 43.8 Å². The van der Waals surface area contributed by atoms with Gasteiger partial charge in [-0.3, -0.25) is 0 Å². The Morgan fingerprint density at radius 3 is 1.09 bits per heavy atom. The van der Waals surface area contributed by atoms with Gasteiger partial charge in [0.25, 0.3) is 0 Å². The van der Waals surface area contributed by atoms with E-state index in [9.17, 15) is 0 Å². The minimum absolute atomic E-state index is 0.0931. The zero-order valence-corrected chi connectivity index (χ0v) is 47.1. The van der Waals surface area contributed by atoms with Crippen LogP contribution in [-0.2, 0) is 16.2 Å². The first kappa shape index (κ1) is 54.1. The van der Waals surface area contributed by atoms with Gasteiger partial charge in [-0.2, -0.15) is 0 Å². The molecule has 0 fully saturated rings. The number of allylic oxidation sites excluding steroid dienone is 2. The second kappa shape index (κ2) is 23.3. The van der Waals surface area contributed by atoms with Crippen molar-refractivity contribution in [3.05, 3.63) is 109 Å². The third-order valence-corrected chi connectivity index (χ3v) is 15.1. The Hall–Kier alpha value is -6.68. The summed E-state index contributed by atoms with van der Waals surface area (Å²) in [6.45, 7) is 29.1. The Morgan fingerprint density at radius 1 is 0.368 bits per heavy atom. The molecule has 398 valence electrons. The molecule has 4 aromatic carbocycles. The molecule has 0 radical (unpaired) electrons. The zero-order valence-electron chi connectivity index (χ0n) is 47.1. The molecular weight excluding hydrogens is 937 g/mol. The maximum atomic E-state index is 6.75. The number of rotatable bonds is 22. The first-order valence-corrected chi connectivity index (χ1v) is 28.4. The van der Waals surface area contributed by atoms with Crippen LogP contribution in [0.15, 0.2) is 92.0 Å². The van der Waals surface area contributed by atoms with E-state index in [1.165, 1.54) is 80.9 Å². The molecule has 10 nitrogen and oxygen atoms in total. The second-order valence-electron chi connectivity index (χ2n) is 24.3. The van der Waals surface area contributed by atoms with Crippen LogP contribution in [0.25, 0.3) is 89.7 Å². The van der Waals surface area contributed by atoms with Gasteiger partial charge < -0.3 is 19.4 Å². The standard InChI is InChI=1S/C66H82N8O2/c1-12-14-16-18-20-22-24-26-28-36-75-54-41-52-53(42-55(54)76-37-29-27-25-23-21-19-17-15-13-2)63-73-61-51-40-45(66(9,10)11)32-35-48(51)57(71-61)69-59-49-38-43(64(3,4)5)30-33-46(49)56(67-59)68-60-50-39-44(65(6,7)8)31-34-47(50)58(70-60)72-62(52)74-63/h12-13,30-35,38-42H,1-2,14-29,36-37H2,3-11H3,(H2,67,68,69,70,71,72,73,74). The van der Waals surface area contributed by atoms with Crippen LogP contribution in [0.3, 0.4) is 0 Å². The summed E-state index contributed by atoms with van der Waals surface area (Å²) < 4.78 is 13.5. The van der Waals surface area contributed by atoms with E-state index in [1.807, 2.05) is 12.2 Å². The smallest absolute Gasteiger partial charge is 0.164 e. The first-order valence-electron chi connectivity index (χ1n) is 28.4. The number of aromatic nitrogens is 8. The van der Waals surface area contributed by atoms with Gasteiger partial charge in [0.2, 0.25) is 0 Å². The molecule has 0 spiro atoms. The SMILES string of the molecule is C=CCCCCCCCCCOc1cc2c3nc4nc(nc5[nH]c(nc6nc(nc([nH]3)c2cc1OCCCCCCCCCC=C)-c1cc(C(C)(C)C)ccc1-6)c1cc(C(C)(C)C)ccc51)-c1cc(C(C)(C)C)ccc1-4. The van der Waals surface area contributed by atoms with Crippen molar-refractivity contribution in [1.82, 2.24) is 39.9 Å². The van der Waals surface area contributed by atoms with Crippen molar-refractivity contribution >= 4 is 44.1 Å². The molecule has 0 saturated carbocycles. The van der Waals surface area contributed by atoms with E-state index in [2.05, 4.69) is 152 Å². The van der Waals surface area contributed by atoms with Gasteiger partial charge in [0.15, 0.2) is 34.8 Å². The number of fused-ring (bicyclic) bond motifs is 20. The third-order valence-electron chi connectivity index (χ3n) is 15.1. The third kappa shape index (κ3) is 12.4. The number of benzene rings is 4. The summed E-state index contributed by atoms with van der Waals surface area (Å²) in [6, 6.07) is 23.9. The number of aromatic amines is 2. The van der Waals surface area contributed by atoms with Gasteiger partial charge in [-0.1, -0.05) is 175 Å². The van der Waals surface area contributed by atoms with Crippen molar-refractivity contribution in [1.29, 1.82) is 0 Å². The molecule has 0 saturated heterocycles. The average molecular weight is 1020 g/mol. The minimum atomic E-state index is -0.114. The quantitative estimate of drug-likeness (QED) is 0.0508. The number of hydrogen-bond donors (Lipinski definition) is 2. The summed E-state index contributed by atoms with van der Waals surface area (Å²) in [4.78, 5) is 39.7. The maximum Gasteiger partial charge on any atom is 0.164 e. The lowest BCUT2D eigenvalue weighted by atomic mass is 9.85. The lowest BCUT2D eigenvalue weighted by Gasteiger charge is -2.19. The van der Waals surface area contributed by atoms with Crippen molar-refractivity contribution in [2.75, 3.05) is 13.2 Å². The molecule has 3 aromatic heterocycles. The molecular formula is C66H82N8O2. The summed E-state index contributed by atoms with van der Waals surface area (Å²) in [7, 11) is 0. The minimum Gasteiger partial charge on any atom is -0.490 e. The monoisotopic (exact) mass is 1020 g/mol. The summed E-state index contributed by atoms with van der Waals surface area (Å²) in [5.41, 5.74) is 9.51. The largest absolute Gasteiger partial charge is 0.490 e. The van der Waals surface area contributed by atoms with Gasteiger partial charge in [-0.05, 0) is 102 Å². The van der Waals surface area contributed by atoms with Crippen LogP contribution in [0.5, 0.6) is 11.5 Å². The molecule has 7 aromatic rings. The lowest BCUT2D eigenvalue weighted by Crippen LogP contribution is -2.10. The average Bonchev–Trinajstić information content (AvgIpc) is 4.13. The Balaban J connectivity index is 1.23. The normalized spacial score (nSPS) is 12.5. The van der Waals surface area contributed by atoms with E-state index in [0.29, 0.717) is 70.6 Å². The Kier molecular flexibility index (Phi) is 16.6. The van der Waals surface area contributed by atoms with E-state index >= 15 is 0 Å². The van der Waals surface area contributed by atoms with Crippen LogP contribution in [0.1, 0.15) is 182 Å². The summed E-state index contributed by atoms with van der Waals surface area (Å²) in [5.74, 6) is 3.70. The highest BCUT2D eigenvalue weighted by molar-refractivity contribution is 6.07. The fourth-order valence-corrected chi connectivity index (χ4v) is 10.3. The topological polar surface area (TPSA) is 127 Å². The highest BCUT2D eigenvalue weighted by Crippen LogP contribution is 2.42. The number of hydrogen-bond acceptors (Lipinski definition) is 8. The van der Waals surface area contributed by atoms with E-state index in [0.717, 1.165) is 82.3 Å². The van der Waals surface area contributed by atoms with E-state index in [4.69, 9.17) is 39.4 Å². The molecule has 10 heteroatoms. The summed E-state index contributed by atoms with van der Waals surface area (Å²) in [5, 5.41) is 3.63. The van der Waals surface area contributed by atoms with Crippen molar-refractivity contribution in [3.63, 3.8) is 0 Å². The predicted molar refractivity (Wildman–Crippen MR) is 317 cm³/mol. The van der Waals surface area contributed by atoms with E-state index in [1.54, 1.807) is 0 Å². The van der Waals surface area contributed by atoms with E-state index in [-0.39, 0.29) is 16.2 Å². The molecule has 2 aliphatic heterocycles. The number of unbranched alkanes of at least 4 members (excludes halogenated alkanes) is 14. The maximum absolute atomic E-state index is 6.75. The molecule has 2 N–H and O–H groups in total. The fraction of sp³-hybridized carbons (Fsp3) is 0.455. The van der Waals surface area contributed by atoms with Crippen LogP contribution in [0.4, 0.5) is 0 Å². The molecule has 8 bridgehead atoms. The van der Waals surface area contributed by atoms with Crippen LogP contribution >= 0.6 is 0 Å². The van der Waals surface area contributed by atoms with Gasteiger partial charge in [0.1, 0.15) is 22.6 Å². The van der Waals surface area contributed by atoms with Gasteiger partial charge in [0.05, 0.1) is 13.2 Å². The summed E-state index contributed by atoms with van der Waals surface area (Å²) in [6.07, 6.45) is 22.8. The number of ether oxygens (including phenoxy) is 2. The molecule has 0 aliphatic carbocycles. The van der Waals surface area contributed by atoms with Crippen LogP contribution in [0, 0.1) is 0 Å². The van der Waals surface area contributed by atoms with Crippen LogP contribution < -0.4 is 9.47 Å². The second-order valence-corrected chi connectivity index (χ2v) is 24.3. The molecule has 5 heterocycles. The van der Waals surface area contributed by atoms with Gasteiger partial charge in [-0.25, -0.2) is 29.9 Å². The Labute approximate surface area is 451 Å². The Bertz CT molecular complexity index is 3400. The number of nitrogens with zero attached hydrogens (tertiary/aromatic N) is 6. The number of H-pyrrole nitrogens is 2. The molecule has 2 aliphatic rings.